The van der Waals surface area contributed by atoms with Crippen LogP contribution in [0.1, 0.15) is 278 Å². The third-order valence-corrected chi connectivity index (χ3v) is 18.8. The van der Waals surface area contributed by atoms with Crippen molar-refractivity contribution >= 4 is 26.5 Å². The highest BCUT2D eigenvalue weighted by molar-refractivity contribution is 6.60. The Bertz CT molecular complexity index is 1320. The van der Waals surface area contributed by atoms with Gasteiger partial charge in [-0.1, -0.05) is 220 Å². The minimum atomic E-state index is -4.32. The van der Waals surface area contributed by atoms with Gasteiger partial charge in [-0.15, -0.1) is 0 Å². The van der Waals surface area contributed by atoms with Crippen molar-refractivity contribution in [2.24, 2.45) is 0 Å². The lowest BCUT2D eigenvalue weighted by molar-refractivity contribution is -0.890. The number of nitrogens with zero attached hydrogens (tertiary/aromatic N) is 1. The number of quaternary nitrogens is 1. The molecule has 0 aliphatic carbocycles. The molecule has 0 atom stereocenters. The summed E-state index contributed by atoms with van der Waals surface area (Å²) in [6.07, 6.45) is 39.6. The predicted octanol–water partition coefficient (Wildman–Crippen LogP) is 10.9. The summed E-state index contributed by atoms with van der Waals surface area (Å²) in [5, 5.41) is 74.3. The van der Waals surface area contributed by atoms with Gasteiger partial charge in [0.15, 0.2) is 0 Å². The van der Waals surface area contributed by atoms with Gasteiger partial charge in [0, 0.05) is 31.7 Å². The van der Waals surface area contributed by atoms with Crippen LogP contribution in [0.4, 0.5) is 0 Å². The molecule has 80 heavy (non-hydrogen) atoms. The van der Waals surface area contributed by atoms with E-state index in [9.17, 15) is 45.0 Å². The zero-order valence-electron chi connectivity index (χ0n) is 52.6. The SMILES string of the molecule is CCCCCCCCCCCC(=O)NC(CO)(CO)CO[Si](CCC[N+](C)(C)CCCCCCCCCC)(OCC(CO)(CO)NC(=O)CCCCCCCCCCC)OCC(CO)(CO)NC(=O)CCCCCCCCCCC. The van der Waals surface area contributed by atoms with E-state index in [2.05, 4.69) is 57.7 Å². The van der Waals surface area contributed by atoms with E-state index in [1.807, 2.05) is 0 Å². The molecule has 17 heteroatoms. The Morgan fingerprint density at radius 2 is 0.550 bits per heavy atom. The number of nitrogens with one attached hydrogen (secondary N) is 3. The molecule has 9 N–H and O–H groups in total. The molecule has 0 aromatic rings. The molecule has 0 bridgehead atoms. The quantitative estimate of drug-likeness (QED) is 0.0157. The van der Waals surface area contributed by atoms with Crippen LogP contribution in [0.2, 0.25) is 6.04 Å². The van der Waals surface area contributed by atoms with Crippen molar-refractivity contribution in [1.82, 2.24) is 16.0 Å². The van der Waals surface area contributed by atoms with E-state index in [4.69, 9.17) is 13.3 Å². The molecule has 3 amide bonds. The summed E-state index contributed by atoms with van der Waals surface area (Å²) in [6, 6.07) is 0.115. The van der Waals surface area contributed by atoms with Crippen LogP contribution in [-0.4, -0.2) is 165 Å². The molecule has 0 fully saturated rings. The zero-order valence-corrected chi connectivity index (χ0v) is 53.6. The van der Waals surface area contributed by atoms with Gasteiger partial charge in [-0.3, -0.25) is 14.4 Å². The molecule has 0 rings (SSSR count). The number of amides is 3. The molecular formula is C63H129N4O12Si+. The van der Waals surface area contributed by atoms with Crippen LogP contribution in [0.15, 0.2) is 0 Å². The third-order valence-electron chi connectivity index (χ3n) is 16.1. The topological polar surface area (TPSA) is 236 Å². The summed E-state index contributed by atoms with van der Waals surface area (Å²) in [7, 11) is 0.00136. The van der Waals surface area contributed by atoms with Crippen LogP contribution in [0.3, 0.4) is 0 Å². The van der Waals surface area contributed by atoms with Crippen molar-refractivity contribution in [2.45, 2.75) is 301 Å². The van der Waals surface area contributed by atoms with E-state index in [0.717, 1.165) is 77.2 Å². The summed E-state index contributed by atoms with van der Waals surface area (Å²) in [5.41, 5.74) is -5.05. The lowest BCUT2D eigenvalue weighted by Crippen LogP contribution is -2.64. The Labute approximate surface area is 490 Å². The fraction of sp³-hybridized carbons (Fsp3) is 0.952. The highest BCUT2D eigenvalue weighted by Gasteiger charge is 2.49. The van der Waals surface area contributed by atoms with E-state index in [1.54, 1.807) is 0 Å². The van der Waals surface area contributed by atoms with Crippen LogP contribution >= 0.6 is 0 Å². The van der Waals surface area contributed by atoms with Gasteiger partial charge in [-0.2, -0.15) is 0 Å². The van der Waals surface area contributed by atoms with Crippen molar-refractivity contribution < 1.29 is 62.8 Å². The normalized spacial score (nSPS) is 12.6. The van der Waals surface area contributed by atoms with Crippen molar-refractivity contribution in [3.05, 3.63) is 0 Å². The standard InChI is InChI=1S/C63H128N4O12Si/c1-7-11-15-19-23-27-30-34-38-43-58(74)64-61(49-68,50-69)55-77-80(48-42-47-67(5,6)46-41-37-33-26-22-18-14-10-4,78-56-62(51-70,52-71)65-59(75)44-39-35-31-28-24-20-16-12-8-2)79-57-63(53-72,54-73)66-60(76)45-40-36-32-29-25-21-17-13-9-3/h68-73H,7-57H2,1-6H3,(H2-,64,65,66,74,75,76)/p+1. The fourth-order valence-electron chi connectivity index (χ4n) is 10.2. The first-order valence-corrected chi connectivity index (χ1v) is 34.9. The first-order chi connectivity index (χ1) is 38.6. The highest BCUT2D eigenvalue weighted by atomic mass is 28.4. The van der Waals surface area contributed by atoms with Crippen LogP contribution in [0.25, 0.3) is 0 Å². The van der Waals surface area contributed by atoms with E-state index in [0.29, 0.717) is 36.7 Å². The molecule has 16 nitrogen and oxygen atoms in total. The number of carbonyl (C=O) groups excluding carboxylic acids is 3. The Morgan fingerprint density at radius 1 is 0.338 bits per heavy atom. The summed E-state index contributed by atoms with van der Waals surface area (Å²) in [5.74, 6) is -1.09. The van der Waals surface area contributed by atoms with Crippen LogP contribution in [-0.2, 0) is 27.7 Å². The molecular weight excluding hydrogens is 1030 g/mol. The fourth-order valence-corrected chi connectivity index (χ4v) is 13.0. The second-order valence-corrected chi connectivity index (χ2v) is 27.4. The van der Waals surface area contributed by atoms with E-state index < -0.39 is 84.9 Å². The number of aliphatic hydroxyl groups excluding tert-OH is 6. The smallest absolute Gasteiger partial charge is 0.394 e. The van der Waals surface area contributed by atoms with Gasteiger partial charge in [-0.25, -0.2) is 0 Å². The summed E-state index contributed by atoms with van der Waals surface area (Å²) < 4.78 is 21.0. The highest BCUT2D eigenvalue weighted by Crippen LogP contribution is 2.27. The predicted molar refractivity (Wildman–Crippen MR) is 328 cm³/mol. The molecule has 0 aromatic heterocycles. The number of carbonyl (C=O) groups is 3. The number of rotatable bonds is 61. The lowest BCUT2D eigenvalue weighted by atomic mass is 10.0. The summed E-state index contributed by atoms with van der Waals surface area (Å²) in [4.78, 5) is 40.7. The average molecular weight is 1160 g/mol. The Balaban J connectivity index is 6.87. The van der Waals surface area contributed by atoms with Crippen LogP contribution < -0.4 is 16.0 Å². The lowest BCUT2D eigenvalue weighted by Gasteiger charge is -2.41. The first-order valence-electron chi connectivity index (χ1n) is 32.9. The summed E-state index contributed by atoms with van der Waals surface area (Å²) >= 11 is 0. The maximum atomic E-state index is 13.6. The second-order valence-electron chi connectivity index (χ2n) is 24.7. The molecule has 0 aliphatic rings. The van der Waals surface area contributed by atoms with Crippen molar-refractivity contribution in [2.75, 3.05) is 86.6 Å². The largest absolute Gasteiger partial charge is 0.501 e. The Hall–Kier alpha value is -1.77. The minimum Gasteiger partial charge on any atom is -0.394 e. The number of unbranched alkanes of at least 4 members (excludes halogenated alkanes) is 31. The van der Waals surface area contributed by atoms with E-state index in [-0.39, 0.29) is 43.0 Å². The van der Waals surface area contributed by atoms with Crippen molar-refractivity contribution in [3.63, 3.8) is 0 Å². The van der Waals surface area contributed by atoms with Gasteiger partial charge in [0.1, 0.15) is 16.6 Å². The Kier molecular flexibility index (Phi) is 49.4. The van der Waals surface area contributed by atoms with Gasteiger partial charge in [0.2, 0.25) is 17.7 Å². The van der Waals surface area contributed by atoms with Crippen LogP contribution in [0, 0.1) is 0 Å². The van der Waals surface area contributed by atoms with Crippen LogP contribution in [0.5, 0.6) is 0 Å². The van der Waals surface area contributed by atoms with Gasteiger partial charge in [-0.05, 0) is 32.1 Å². The maximum Gasteiger partial charge on any atom is 0.501 e. The van der Waals surface area contributed by atoms with Gasteiger partial charge < -0.3 is 64.4 Å². The molecule has 0 unspecified atom stereocenters. The molecule has 0 saturated carbocycles. The first kappa shape index (κ1) is 78.2. The second kappa shape index (κ2) is 50.5. The van der Waals surface area contributed by atoms with Gasteiger partial charge in [0.05, 0.1) is 86.6 Å². The molecule has 0 radical (unpaired) electrons. The average Bonchev–Trinajstić information content (AvgIpc) is 3.45. The number of hydrogen-bond acceptors (Lipinski definition) is 12. The zero-order chi connectivity index (χ0) is 59.5. The van der Waals surface area contributed by atoms with E-state index in [1.165, 1.54) is 135 Å². The minimum absolute atomic E-state index is 0.115. The molecule has 0 heterocycles. The molecule has 476 valence electrons. The van der Waals surface area contributed by atoms with Crippen molar-refractivity contribution in [1.29, 1.82) is 0 Å². The number of aliphatic hydroxyl groups is 6. The monoisotopic (exact) mass is 1160 g/mol. The Morgan fingerprint density at radius 3 is 0.787 bits per heavy atom. The number of hydrogen-bond donors (Lipinski definition) is 9. The molecule has 0 aliphatic heterocycles. The van der Waals surface area contributed by atoms with E-state index >= 15 is 0 Å². The molecule has 0 saturated heterocycles. The van der Waals surface area contributed by atoms with Crippen molar-refractivity contribution in [3.8, 4) is 0 Å². The summed E-state index contributed by atoms with van der Waals surface area (Å²) in [6.45, 7) is 4.81. The van der Waals surface area contributed by atoms with Gasteiger partial charge in [0.25, 0.3) is 0 Å². The maximum absolute atomic E-state index is 13.6. The molecule has 0 spiro atoms. The van der Waals surface area contributed by atoms with Gasteiger partial charge >= 0.3 is 8.80 Å². The molecule has 0 aromatic carbocycles. The third kappa shape index (κ3) is 39.7.